The van der Waals surface area contributed by atoms with Gasteiger partial charge in [0.1, 0.15) is 10.7 Å². The SMILES string of the molecule is COc1cc(C(F)(F)F)cc(C)c1C(N)=S. The third-order valence-electron chi connectivity index (χ3n) is 2.09. The van der Waals surface area contributed by atoms with E-state index in [0.717, 1.165) is 12.1 Å². The predicted molar refractivity (Wildman–Crippen MR) is 58.6 cm³/mol. The van der Waals surface area contributed by atoms with Gasteiger partial charge in [-0.3, -0.25) is 0 Å². The highest BCUT2D eigenvalue weighted by molar-refractivity contribution is 7.80. The Labute approximate surface area is 96.2 Å². The van der Waals surface area contributed by atoms with Crippen LogP contribution in [0.25, 0.3) is 0 Å². The highest BCUT2D eigenvalue weighted by Gasteiger charge is 2.32. The molecule has 2 N–H and O–H groups in total. The Morgan fingerprint density at radius 1 is 1.38 bits per heavy atom. The molecular weight excluding hydrogens is 239 g/mol. The molecule has 0 aliphatic heterocycles. The molecule has 2 nitrogen and oxygen atoms in total. The number of ether oxygens (including phenoxy) is 1. The van der Waals surface area contributed by atoms with E-state index in [1.165, 1.54) is 14.0 Å². The number of methoxy groups -OCH3 is 1. The van der Waals surface area contributed by atoms with Crippen LogP contribution in [0, 0.1) is 6.92 Å². The fourth-order valence-corrected chi connectivity index (χ4v) is 1.66. The maximum Gasteiger partial charge on any atom is 0.416 e. The van der Waals surface area contributed by atoms with Gasteiger partial charge in [0.25, 0.3) is 0 Å². The maximum atomic E-state index is 12.5. The molecule has 0 aromatic heterocycles. The molecule has 1 rings (SSSR count). The second-order valence-electron chi connectivity index (χ2n) is 3.23. The van der Waals surface area contributed by atoms with Crippen molar-refractivity contribution < 1.29 is 17.9 Å². The van der Waals surface area contributed by atoms with Gasteiger partial charge in [-0.2, -0.15) is 13.2 Å². The summed E-state index contributed by atoms with van der Waals surface area (Å²) in [5.41, 5.74) is 5.33. The van der Waals surface area contributed by atoms with Gasteiger partial charge >= 0.3 is 6.18 Å². The molecule has 0 atom stereocenters. The van der Waals surface area contributed by atoms with E-state index in [1.807, 2.05) is 0 Å². The molecule has 1 aromatic carbocycles. The first kappa shape index (κ1) is 12.8. The lowest BCUT2D eigenvalue weighted by Gasteiger charge is -2.14. The Hall–Kier alpha value is -1.30. The quantitative estimate of drug-likeness (QED) is 0.818. The van der Waals surface area contributed by atoms with E-state index in [-0.39, 0.29) is 10.7 Å². The molecule has 1 aromatic rings. The van der Waals surface area contributed by atoms with Gasteiger partial charge in [-0.1, -0.05) is 12.2 Å². The van der Waals surface area contributed by atoms with Crippen LogP contribution < -0.4 is 10.5 Å². The zero-order chi connectivity index (χ0) is 12.5. The van der Waals surface area contributed by atoms with Crippen LogP contribution in [0.5, 0.6) is 5.75 Å². The number of thiocarbonyl (C=S) groups is 1. The Balaban J connectivity index is 3.44. The first-order valence-electron chi connectivity index (χ1n) is 4.33. The fourth-order valence-electron chi connectivity index (χ4n) is 1.40. The molecule has 0 heterocycles. The van der Waals surface area contributed by atoms with Crippen molar-refractivity contribution in [1.29, 1.82) is 0 Å². The van der Waals surface area contributed by atoms with Gasteiger partial charge < -0.3 is 10.5 Å². The molecule has 0 saturated heterocycles. The smallest absolute Gasteiger partial charge is 0.416 e. The maximum absolute atomic E-state index is 12.5. The van der Waals surface area contributed by atoms with Gasteiger partial charge in [-0.25, -0.2) is 0 Å². The van der Waals surface area contributed by atoms with E-state index in [0.29, 0.717) is 11.1 Å². The van der Waals surface area contributed by atoms with Gasteiger partial charge in [0.05, 0.1) is 18.2 Å². The number of hydrogen-bond acceptors (Lipinski definition) is 2. The number of rotatable bonds is 2. The summed E-state index contributed by atoms with van der Waals surface area (Å²) in [4.78, 5) is 0.0167. The zero-order valence-electron chi connectivity index (χ0n) is 8.68. The van der Waals surface area contributed by atoms with E-state index in [2.05, 4.69) is 0 Å². The summed E-state index contributed by atoms with van der Waals surface area (Å²) in [5.74, 6) is 0.0415. The number of benzene rings is 1. The standard InChI is InChI=1S/C10H10F3NOS/c1-5-3-6(10(11,12)13)4-7(15-2)8(5)9(14)16/h3-4H,1-2H3,(H2,14,16). The third kappa shape index (κ3) is 2.44. The summed E-state index contributed by atoms with van der Waals surface area (Å²) in [7, 11) is 1.27. The molecule has 0 aliphatic rings. The van der Waals surface area contributed by atoms with Gasteiger partial charge in [-0.15, -0.1) is 0 Å². The fraction of sp³-hybridized carbons (Fsp3) is 0.300. The summed E-state index contributed by atoms with van der Waals surface area (Å²) >= 11 is 4.76. The largest absolute Gasteiger partial charge is 0.496 e. The molecule has 6 heteroatoms. The van der Waals surface area contributed by atoms with E-state index in [1.54, 1.807) is 0 Å². The average molecular weight is 249 g/mol. The lowest BCUT2D eigenvalue weighted by atomic mass is 10.0. The molecular formula is C10H10F3NOS. The summed E-state index contributed by atoms with van der Waals surface area (Å²) in [6, 6.07) is 1.89. The Morgan fingerprint density at radius 3 is 2.31 bits per heavy atom. The van der Waals surface area contributed by atoms with Crippen LogP contribution in [0.3, 0.4) is 0 Å². The molecule has 0 radical (unpaired) electrons. The normalized spacial score (nSPS) is 11.3. The van der Waals surface area contributed by atoms with E-state index >= 15 is 0 Å². The molecule has 0 fully saturated rings. The summed E-state index contributed by atoms with van der Waals surface area (Å²) < 4.78 is 42.3. The minimum absolute atomic E-state index is 0.0167. The second kappa shape index (κ2) is 4.29. The lowest BCUT2D eigenvalue weighted by molar-refractivity contribution is -0.137. The molecule has 0 bridgehead atoms. The van der Waals surface area contributed by atoms with Crippen LogP contribution in [0.4, 0.5) is 13.2 Å². The van der Waals surface area contributed by atoms with Crippen LogP contribution in [-0.4, -0.2) is 12.1 Å². The summed E-state index contributed by atoms with van der Waals surface area (Å²) in [5, 5.41) is 0. The van der Waals surface area contributed by atoms with Crippen molar-refractivity contribution in [1.82, 2.24) is 0 Å². The molecule has 0 unspecified atom stereocenters. The van der Waals surface area contributed by atoms with Crippen molar-refractivity contribution in [3.63, 3.8) is 0 Å². The van der Waals surface area contributed by atoms with Crippen LogP contribution in [0.15, 0.2) is 12.1 Å². The molecule has 0 saturated carbocycles. The second-order valence-corrected chi connectivity index (χ2v) is 3.67. The first-order valence-corrected chi connectivity index (χ1v) is 4.74. The van der Waals surface area contributed by atoms with Crippen molar-refractivity contribution in [2.75, 3.05) is 7.11 Å². The van der Waals surface area contributed by atoms with Crippen molar-refractivity contribution in [3.05, 3.63) is 28.8 Å². The third-order valence-corrected chi connectivity index (χ3v) is 2.30. The zero-order valence-corrected chi connectivity index (χ0v) is 9.50. The highest BCUT2D eigenvalue weighted by Crippen LogP contribution is 2.34. The predicted octanol–water partition coefficient (Wildman–Crippen LogP) is 2.66. The van der Waals surface area contributed by atoms with Gasteiger partial charge in [0, 0.05) is 0 Å². The first-order chi connectivity index (χ1) is 7.27. The molecule has 0 spiro atoms. The van der Waals surface area contributed by atoms with Gasteiger partial charge in [0.15, 0.2) is 0 Å². The number of hydrogen-bond donors (Lipinski definition) is 1. The summed E-state index contributed by atoms with van der Waals surface area (Å²) in [6.45, 7) is 1.51. The Bertz CT molecular complexity index is 429. The van der Waals surface area contributed by atoms with Crippen LogP contribution in [-0.2, 0) is 6.18 Å². The van der Waals surface area contributed by atoms with Crippen molar-refractivity contribution in [2.24, 2.45) is 5.73 Å². The molecule has 16 heavy (non-hydrogen) atoms. The van der Waals surface area contributed by atoms with Gasteiger partial charge in [0.2, 0.25) is 0 Å². The number of aryl methyl sites for hydroxylation is 1. The monoisotopic (exact) mass is 249 g/mol. The number of alkyl halides is 3. The molecule has 0 amide bonds. The highest BCUT2D eigenvalue weighted by atomic mass is 32.1. The lowest BCUT2D eigenvalue weighted by Crippen LogP contribution is -2.15. The van der Waals surface area contributed by atoms with Crippen LogP contribution in [0.1, 0.15) is 16.7 Å². The average Bonchev–Trinajstić information content (AvgIpc) is 2.14. The van der Waals surface area contributed by atoms with Crippen LogP contribution in [0.2, 0.25) is 0 Å². The molecule has 0 aliphatic carbocycles. The Morgan fingerprint density at radius 2 is 1.94 bits per heavy atom. The van der Waals surface area contributed by atoms with Gasteiger partial charge in [-0.05, 0) is 24.6 Å². The van der Waals surface area contributed by atoms with E-state index in [4.69, 9.17) is 22.7 Å². The van der Waals surface area contributed by atoms with E-state index in [9.17, 15) is 13.2 Å². The van der Waals surface area contributed by atoms with Crippen molar-refractivity contribution in [2.45, 2.75) is 13.1 Å². The minimum Gasteiger partial charge on any atom is -0.496 e. The Kier molecular flexibility index (Phi) is 3.42. The van der Waals surface area contributed by atoms with Crippen molar-refractivity contribution >= 4 is 17.2 Å². The number of halogens is 3. The van der Waals surface area contributed by atoms with Crippen molar-refractivity contribution in [3.8, 4) is 5.75 Å². The topological polar surface area (TPSA) is 35.2 Å². The summed E-state index contributed by atoms with van der Waals surface area (Å²) in [6.07, 6.45) is -4.41. The van der Waals surface area contributed by atoms with E-state index < -0.39 is 11.7 Å². The number of nitrogens with two attached hydrogens (primary N) is 1. The minimum atomic E-state index is -4.41. The molecule has 88 valence electrons. The van der Waals surface area contributed by atoms with Crippen LogP contribution >= 0.6 is 12.2 Å².